The van der Waals surface area contributed by atoms with Crippen LogP contribution in [-0.2, 0) is 4.79 Å². The van der Waals surface area contributed by atoms with Crippen molar-refractivity contribution in [3.8, 4) is 21.9 Å². The average molecular weight is 651 g/mol. The van der Waals surface area contributed by atoms with Gasteiger partial charge in [-0.2, -0.15) is 0 Å². The summed E-state index contributed by atoms with van der Waals surface area (Å²) in [6.45, 7) is 0.522. The molecule has 46 heavy (non-hydrogen) atoms. The summed E-state index contributed by atoms with van der Waals surface area (Å²) in [7, 11) is 3.18. The first kappa shape index (κ1) is 37.0. The zero-order valence-electron chi connectivity index (χ0n) is 24.9. The number of fused-ring (bicyclic) bond motifs is 1. The maximum Gasteiger partial charge on any atom is 0.335 e. The molecule has 0 aliphatic rings. The van der Waals surface area contributed by atoms with Crippen molar-refractivity contribution in [1.82, 2.24) is 0 Å². The molecule has 3 aromatic carbocycles. The topological polar surface area (TPSA) is 201 Å². The maximum absolute atomic E-state index is 12.6. The number of ketones is 1. The molecule has 0 saturated carbocycles. The summed E-state index contributed by atoms with van der Waals surface area (Å²) in [5, 5.41) is 18.6. The summed E-state index contributed by atoms with van der Waals surface area (Å²) in [6, 6.07) is 19.1. The van der Waals surface area contributed by atoms with Crippen LogP contribution in [0.1, 0.15) is 54.4 Å². The van der Waals surface area contributed by atoms with Gasteiger partial charge in [-0.25, -0.2) is 4.79 Å². The van der Waals surface area contributed by atoms with Gasteiger partial charge in [0.05, 0.1) is 19.8 Å². The summed E-state index contributed by atoms with van der Waals surface area (Å²) in [6.07, 6.45) is 5.07. The van der Waals surface area contributed by atoms with Crippen molar-refractivity contribution in [2.75, 3.05) is 20.8 Å². The van der Waals surface area contributed by atoms with Gasteiger partial charge in [0, 0.05) is 40.3 Å². The number of aromatic carboxylic acids is 1. The number of carboxylic acids is 2. The first-order valence-corrected chi connectivity index (χ1v) is 14.7. The molecule has 1 atom stereocenters. The van der Waals surface area contributed by atoms with Crippen LogP contribution in [0.3, 0.4) is 0 Å². The lowest BCUT2D eigenvalue weighted by Crippen LogP contribution is -2.29. The minimum absolute atomic E-state index is 0. The third-order valence-corrected chi connectivity index (χ3v) is 7.76. The Labute approximate surface area is 273 Å². The van der Waals surface area contributed by atoms with Crippen molar-refractivity contribution in [2.45, 2.75) is 32.7 Å². The summed E-state index contributed by atoms with van der Waals surface area (Å²) in [5.74, 6) is -0.915. The van der Waals surface area contributed by atoms with Gasteiger partial charge in [-0.05, 0) is 67.1 Å². The summed E-state index contributed by atoms with van der Waals surface area (Å²) < 4.78 is 12.3. The largest absolute Gasteiger partial charge is 0.496 e. The van der Waals surface area contributed by atoms with E-state index < -0.39 is 18.0 Å². The van der Waals surface area contributed by atoms with Crippen LogP contribution in [0, 0.1) is 0 Å². The van der Waals surface area contributed by atoms with Gasteiger partial charge >= 0.3 is 11.9 Å². The van der Waals surface area contributed by atoms with Crippen LogP contribution in [0.15, 0.2) is 77.8 Å². The number of carboxylic acid groups (broad SMARTS) is 2. The fourth-order valence-corrected chi connectivity index (χ4v) is 5.29. The van der Waals surface area contributed by atoms with E-state index in [0.29, 0.717) is 36.4 Å². The Hall–Kier alpha value is -5.20. The molecule has 1 aromatic heterocycles. The van der Waals surface area contributed by atoms with Crippen LogP contribution in [0.4, 0.5) is 0 Å². The average Bonchev–Trinajstić information content (AvgIpc) is 3.47. The maximum atomic E-state index is 12.6. The number of ether oxygens (including phenoxy) is 2. The van der Waals surface area contributed by atoms with Gasteiger partial charge in [0.25, 0.3) is 0 Å². The Morgan fingerprint density at radius 3 is 2.17 bits per heavy atom. The summed E-state index contributed by atoms with van der Waals surface area (Å²) >= 11 is 1.67. The number of unbranched alkanes of at least 4 members (excludes halogenated alkanes) is 1. The van der Waals surface area contributed by atoms with Gasteiger partial charge in [0.2, 0.25) is 0 Å². The highest BCUT2D eigenvalue weighted by Crippen LogP contribution is 2.41. The van der Waals surface area contributed by atoms with Gasteiger partial charge in [0.15, 0.2) is 11.7 Å². The molecule has 0 aliphatic carbocycles. The summed E-state index contributed by atoms with van der Waals surface area (Å²) in [5.41, 5.74) is 17.6. The van der Waals surface area contributed by atoms with Crippen LogP contribution in [-0.4, -0.2) is 60.7 Å². The standard InChI is InChI=1S/C26H20O5S.C7H16N4O2.CH4.H2/c1-30-22-15-23(31-2)20(25-14-19-5-3-4-6-24(19)32-25)13-18(22)11-12-21(27)16-7-9-17(10-8-16)26(28)29;8-5(6(12)13)3-1-2-4-11-7(9)10;;/h3-15H,1-2H3,(H,28,29);5H,1-4,8H2,(H,12,13)(H4,9,10,11);1H4;1H/b12-11+;;;. The first-order chi connectivity index (χ1) is 21.5. The SMILES string of the molecule is C.COc1cc(OC)c(-c2cc3ccccc3s2)cc1/C=C/C(=O)c1ccc(C(=O)O)cc1.NC(N)=NCCCCC(N)C(=O)O.[HH]. The molecule has 1 unspecified atom stereocenters. The number of nitrogens with zero attached hydrogens (tertiary/aromatic N) is 1. The molecule has 0 amide bonds. The zero-order valence-corrected chi connectivity index (χ0v) is 25.8. The first-order valence-electron chi connectivity index (χ1n) is 13.9. The summed E-state index contributed by atoms with van der Waals surface area (Å²) in [4.78, 5) is 38.7. The molecule has 1 heterocycles. The lowest BCUT2D eigenvalue weighted by atomic mass is 10.0. The Balaban J connectivity index is 0.000000631. The van der Waals surface area contributed by atoms with Crippen molar-refractivity contribution < 1.29 is 35.5 Å². The molecule has 12 heteroatoms. The molecule has 0 fully saturated rings. The number of benzene rings is 3. The predicted molar refractivity (Wildman–Crippen MR) is 186 cm³/mol. The third-order valence-electron chi connectivity index (χ3n) is 6.61. The van der Waals surface area contributed by atoms with Crippen LogP contribution in [0.2, 0.25) is 0 Å². The molecular formula is C34H42N4O7S. The van der Waals surface area contributed by atoms with Gasteiger partial charge < -0.3 is 36.9 Å². The monoisotopic (exact) mass is 650 g/mol. The van der Waals surface area contributed by atoms with E-state index in [4.69, 9.17) is 36.9 Å². The smallest absolute Gasteiger partial charge is 0.335 e. The van der Waals surface area contributed by atoms with Crippen molar-refractivity contribution in [3.63, 3.8) is 0 Å². The van der Waals surface area contributed by atoms with E-state index in [2.05, 4.69) is 23.2 Å². The number of aliphatic imine (C=N–C) groups is 1. The lowest BCUT2D eigenvalue weighted by Gasteiger charge is -2.12. The van der Waals surface area contributed by atoms with Crippen LogP contribution >= 0.6 is 11.3 Å². The Kier molecular flexibility index (Phi) is 14.4. The molecule has 8 N–H and O–H groups in total. The van der Waals surface area contributed by atoms with Crippen molar-refractivity contribution in [3.05, 3.63) is 89.5 Å². The lowest BCUT2D eigenvalue weighted by molar-refractivity contribution is -0.138. The zero-order chi connectivity index (χ0) is 32.9. The molecule has 246 valence electrons. The molecule has 0 spiro atoms. The van der Waals surface area contributed by atoms with Crippen LogP contribution in [0.5, 0.6) is 11.5 Å². The van der Waals surface area contributed by atoms with Crippen molar-refractivity contribution in [1.29, 1.82) is 0 Å². The fourth-order valence-electron chi connectivity index (χ4n) is 4.21. The fraction of sp³-hybridized carbons (Fsp3) is 0.235. The highest BCUT2D eigenvalue weighted by molar-refractivity contribution is 7.22. The molecule has 4 rings (SSSR count). The second kappa shape index (κ2) is 17.9. The Morgan fingerprint density at radius 1 is 0.935 bits per heavy atom. The molecule has 11 nitrogen and oxygen atoms in total. The second-order valence-electron chi connectivity index (χ2n) is 9.77. The molecule has 0 aliphatic heterocycles. The van der Waals surface area contributed by atoms with Crippen molar-refractivity contribution in [2.24, 2.45) is 22.2 Å². The van der Waals surface area contributed by atoms with Gasteiger partial charge in [-0.3, -0.25) is 14.6 Å². The number of nitrogens with two attached hydrogens (primary N) is 3. The number of aliphatic carboxylic acids is 1. The van der Waals surface area contributed by atoms with E-state index in [9.17, 15) is 14.4 Å². The number of allylic oxidation sites excluding steroid dienone is 1. The van der Waals surface area contributed by atoms with Gasteiger partial charge in [0.1, 0.15) is 17.5 Å². The highest BCUT2D eigenvalue weighted by atomic mass is 32.1. The van der Waals surface area contributed by atoms with E-state index in [0.717, 1.165) is 27.8 Å². The number of hydrogen-bond acceptors (Lipinski definition) is 8. The number of thiophene rings is 1. The van der Waals surface area contributed by atoms with Crippen LogP contribution < -0.4 is 26.7 Å². The molecule has 0 saturated heterocycles. The Bertz CT molecular complexity index is 1670. The number of carbonyl (C=O) groups excluding carboxylic acids is 1. The Morgan fingerprint density at radius 2 is 1.59 bits per heavy atom. The van der Waals surface area contributed by atoms with E-state index in [1.807, 2.05) is 24.3 Å². The van der Waals surface area contributed by atoms with E-state index in [1.54, 1.807) is 31.6 Å². The quantitative estimate of drug-likeness (QED) is 0.0381. The predicted octanol–water partition coefficient (Wildman–Crippen LogP) is 5.90. The van der Waals surface area contributed by atoms with E-state index in [-0.39, 0.29) is 26.2 Å². The number of guanidine groups is 1. The minimum atomic E-state index is -1.03. The van der Waals surface area contributed by atoms with Crippen LogP contribution in [0.25, 0.3) is 26.6 Å². The molecule has 4 aromatic rings. The highest BCUT2D eigenvalue weighted by Gasteiger charge is 2.15. The second-order valence-corrected chi connectivity index (χ2v) is 10.9. The van der Waals surface area contributed by atoms with E-state index in [1.165, 1.54) is 35.0 Å². The molecule has 0 bridgehead atoms. The number of hydrogen-bond donors (Lipinski definition) is 5. The van der Waals surface area contributed by atoms with Gasteiger partial charge in [-0.1, -0.05) is 37.8 Å². The normalized spacial score (nSPS) is 11.1. The third kappa shape index (κ3) is 10.5. The number of methoxy groups -OCH3 is 2. The molecular weight excluding hydrogens is 608 g/mol. The van der Waals surface area contributed by atoms with E-state index >= 15 is 0 Å². The minimum Gasteiger partial charge on any atom is -0.496 e. The van der Waals surface area contributed by atoms with Crippen molar-refractivity contribution >= 4 is 51.2 Å². The number of rotatable bonds is 13. The number of carbonyl (C=O) groups is 3. The van der Waals surface area contributed by atoms with Gasteiger partial charge in [-0.15, -0.1) is 11.3 Å². The molecule has 0 radical (unpaired) electrons.